The van der Waals surface area contributed by atoms with E-state index in [1.54, 1.807) is 0 Å². The third-order valence-electron chi connectivity index (χ3n) is 16.7. The molecule has 7 unspecified atom stereocenters. The molecule has 0 bridgehead atoms. The van der Waals surface area contributed by atoms with Crippen LogP contribution in [0.2, 0.25) is 0 Å². The number of hydrogen-bond donors (Lipinski definition) is 0. The summed E-state index contributed by atoms with van der Waals surface area (Å²) in [5, 5.41) is 0. The lowest BCUT2D eigenvalue weighted by atomic mass is 9.85. The van der Waals surface area contributed by atoms with Crippen molar-refractivity contribution in [2.75, 3.05) is 39.6 Å². The number of unbranched alkanes of at least 4 members (excludes halogenated alkanes) is 25. The summed E-state index contributed by atoms with van der Waals surface area (Å²) in [6.45, 7) is 8.94. The van der Waals surface area contributed by atoms with Gasteiger partial charge in [0.25, 0.3) is 0 Å². The molecule has 3 heterocycles. The molecule has 0 aromatic heterocycles. The number of rotatable bonds is 52. The van der Waals surface area contributed by atoms with Gasteiger partial charge in [-0.25, -0.2) is 19.6 Å². The molecule has 0 aliphatic carbocycles. The van der Waals surface area contributed by atoms with Crippen LogP contribution in [0.15, 0.2) is 48.6 Å². The predicted octanol–water partition coefficient (Wildman–Crippen LogP) is 17.6. The maximum atomic E-state index is 13.2. The van der Waals surface area contributed by atoms with Gasteiger partial charge in [0.2, 0.25) is 0 Å². The minimum absolute atomic E-state index is 0.00978. The molecule has 0 N–H and O–H groups in total. The van der Waals surface area contributed by atoms with E-state index in [9.17, 15) is 24.0 Å². The van der Waals surface area contributed by atoms with Crippen molar-refractivity contribution in [2.24, 2.45) is 35.5 Å². The van der Waals surface area contributed by atoms with E-state index in [-0.39, 0.29) is 68.6 Å². The molecular formula is C69H116O13. The Balaban J connectivity index is 1.40. The zero-order valence-corrected chi connectivity index (χ0v) is 52.0. The Morgan fingerprint density at radius 1 is 0.463 bits per heavy atom. The number of allylic oxidation sites excluding steroid dienone is 8. The van der Waals surface area contributed by atoms with Gasteiger partial charge in [0.1, 0.15) is 13.2 Å². The predicted molar refractivity (Wildman–Crippen MR) is 326 cm³/mol. The average Bonchev–Trinajstić information content (AvgIpc) is 3.99. The summed E-state index contributed by atoms with van der Waals surface area (Å²) in [6.07, 6.45) is 56.8. The second-order valence-corrected chi connectivity index (χ2v) is 23.8. The van der Waals surface area contributed by atoms with Crippen LogP contribution in [0, 0.1) is 35.5 Å². The van der Waals surface area contributed by atoms with Crippen LogP contribution in [-0.2, 0) is 62.5 Å². The van der Waals surface area contributed by atoms with E-state index in [0.717, 1.165) is 148 Å². The van der Waals surface area contributed by atoms with Crippen LogP contribution in [0.3, 0.4) is 0 Å². The number of cyclic esters (lactones) is 2. The molecule has 0 amide bonds. The molecule has 470 valence electrons. The maximum Gasteiger partial charge on any atom is 0.317 e. The number of ether oxygens (including phenoxy) is 4. The Hall–Kier alpha value is -3.65. The largest absolute Gasteiger partial charge is 0.462 e. The molecule has 0 saturated carbocycles. The van der Waals surface area contributed by atoms with Crippen molar-refractivity contribution in [3.05, 3.63) is 48.6 Å². The molecule has 0 spiro atoms. The summed E-state index contributed by atoms with van der Waals surface area (Å²) in [5.41, 5.74) is 0. The minimum Gasteiger partial charge on any atom is -0.462 e. The Labute approximate surface area is 497 Å². The topological polar surface area (TPSA) is 159 Å². The summed E-state index contributed by atoms with van der Waals surface area (Å²) < 4.78 is 22.0. The molecule has 3 rings (SSSR count). The summed E-state index contributed by atoms with van der Waals surface area (Å²) in [4.78, 5) is 84.4. The standard InChI is InChI=1S/C69H116O13/c1-4-7-10-13-16-24-32-41-59(62-50-52-78-80-55-62)43-34-27-21-30-38-47-66(71)76-57-63(81-67(72)48-39-29-20-17-25-33-42-58(61-49-51-77-79-54-61)40-31-22-14-11-8-5-2)56-75-65(70)46-37-28-19-18-26-36-45-60(44-35-23-15-12-9-6-3)64-53-68(73)82-69(64)74/h22,31-33,35,41-42,44,58-64H,4-21,23-30,34,36-40,43,45-57H2,1-3H3/b31-22-,41-32+,42-33+,44-35+. The molecule has 13 heteroatoms. The van der Waals surface area contributed by atoms with E-state index in [4.69, 9.17) is 38.5 Å². The van der Waals surface area contributed by atoms with E-state index >= 15 is 0 Å². The highest BCUT2D eigenvalue weighted by Gasteiger charge is 2.38. The Bertz CT molecular complexity index is 1750. The molecule has 7 atom stereocenters. The molecule has 3 fully saturated rings. The number of carbonyl (C=O) groups excluding carboxylic acids is 5. The molecule has 0 radical (unpaired) electrons. The lowest BCUT2D eigenvalue weighted by Gasteiger charge is -2.27. The van der Waals surface area contributed by atoms with Gasteiger partial charge < -0.3 is 18.9 Å². The summed E-state index contributed by atoms with van der Waals surface area (Å²) in [5.74, 6) is -0.416. The molecule has 13 nitrogen and oxygen atoms in total. The van der Waals surface area contributed by atoms with Crippen LogP contribution >= 0.6 is 0 Å². The SMILES string of the molecule is CCCCC/C=C\CC(/C=C/CCCCCCC(=O)OC(COC(=O)CCCCCCCCC(/C=C/CCCCCC)C1CC(=O)OC1=O)COC(=O)CCCCCCCC(/C=C/CCCCCCC)C1CCOOC1)C1CCOOC1. The van der Waals surface area contributed by atoms with Crippen LogP contribution in [-0.4, -0.2) is 75.6 Å². The second kappa shape index (κ2) is 50.7. The van der Waals surface area contributed by atoms with Gasteiger partial charge in [0.15, 0.2) is 6.10 Å². The Morgan fingerprint density at radius 3 is 1.39 bits per heavy atom. The van der Waals surface area contributed by atoms with Crippen molar-refractivity contribution in [1.29, 1.82) is 0 Å². The number of hydrogen-bond acceptors (Lipinski definition) is 13. The molecule has 0 aromatic rings. The van der Waals surface area contributed by atoms with E-state index in [1.165, 1.54) is 70.6 Å². The van der Waals surface area contributed by atoms with Gasteiger partial charge in [0, 0.05) is 19.3 Å². The van der Waals surface area contributed by atoms with Gasteiger partial charge in [-0.1, -0.05) is 198 Å². The van der Waals surface area contributed by atoms with Crippen molar-refractivity contribution in [3.63, 3.8) is 0 Å². The van der Waals surface area contributed by atoms with Crippen LogP contribution in [0.4, 0.5) is 0 Å². The van der Waals surface area contributed by atoms with Gasteiger partial charge in [-0.15, -0.1) is 0 Å². The first kappa shape index (κ1) is 72.6. The fraction of sp³-hybridized carbons (Fsp3) is 0.812. The van der Waals surface area contributed by atoms with E-state index < -0.39 is 18.0 Å². The fourth-order valence-corrected chi connectivity index (χ4v) is 11.3. The van der Waals surface area contributed by atoms with Crippen LogP contribution < -0.4 is 0 Å². The first-order valence-electron chi connectivity index (χ1n) is 33.6. The zero-order valence-electron chi connectivity index (χ0n) is 52.0. The summed E-state index contributed by atoms with van der Waals surface area (Å²) >= 11 is 0. The maximum absolute atomic E-state index is 13.2. The minimum atomic E-state index is -0.876. The highest BCUT2D eigenvalue weighted by atomic mass is 17.2. The number of esters is 5. The lowest BCUT2D eigenvalue weighted by molar-refractivity contribution is -0.326. The molecule has 3 saturated heterocycles. The van der Waals surface area contributed by atoms with Gasteiger partial charge >= 0.3 is 29.8 Å². The van der Waals surface area contributed by atoms with Gasteiger partial charge in [0.05, 0.1) is 38.8 Å². The fourth-order valence-electron chi connectivity index (χ4n) is 11.3. The number of carbonyl (C=O) groups is 5. The summed E-state index contributed by atoms with van der Waals surface area (Å²) in [6, 6.07) is 0. The normalized spacial score (nSPS) is 19.3. The highest BCUT2D eigenvalue weighted by molar-refractivity contribution is 5.94. The molecule has 3 aliphatic heterocycles. The first-order valence-corrected chi connectivity index (χ1v) is 33.6. The van der Waals surface area contributed by atoms with E-state index in [1.807, 2.05) is 0 Å². The summed E-state index contributed by atoms with van der Waals surface area (Å²) in [7, 11) is 0. The first-order chi connectivity index (χ1) is 40.2. The van der Waals surface area contributed by atoms with Crippen molar-refractivity contribution in [1.82, 2.24) is 0 Å². The third-order valence-corrected chi connectivity index (χ3v) is 16.7. The van der Waals surface area contributed by atoms with Crippen molar-refractivity contribution < 1.29 is 62.5 Å². The van der Waals surface area contributed by atoms with Gasteiger partial charge in [-0.05, 0) is 132 Å². The van der Waals surface area contributed by atoms with E-state index in [2.05, 4.69) is 69.4 Å². The molecule has 82 heavy (non-hydrogen) atoms. The second-order valence-electron chi connectivity index (χ2n) is 23.8. The van der Waals surface area contributed by atoms with Crippen LogP contribution in [0.1, 0.15) is 278 Å². The lowest BCUT2D eigenvalue weighted by Crippen LogP contribution is -2.30. The van der Waals surface area contributed by atoms with Crippen LogP contribution in [0.5, 0.6) is 0 Å². The third kappa shape index (κ3) is 37.6. The monoisotopic (exact) mass is 1150 g/mol. The highest BCUT2D eigenvalue weighted by Crippen LogP contribution is 2.31. The van der Waals surface area contributed by atoms with Crippen molar-refractivity contribution >= 4 is 29.8 Å². The van der Waals surface area contributed by atoms with Crippen LogP contribution in [0.25, 0.3) is 0 Å². The average molecular weight is 1150 g/mol. The van der Waals surface area contributed by atoms with Gasteiger partial charge in [-0.2, -0.15) is 0 Å². The Morgan fingerprint density at radius 2 is 0.878 bits per heavy atom. The molecule has 0 aromatic carbocycles. The quantitative estimate of drug-likeness (QED) is 0.0142. The van der Waals surface area contributed by atoms with Crippen molar-refractivity contribution in [2.45, 2.75) is 284 Å². The smallest absolute Gasteiger partial charge is 0.317 e. The Kier molecular flexibility index (Phi) is 44.9. The van der Waals surface area contributed by atoms with Crippen molar-refractivity contribution in [3.8, 4) is 0 Å². The van der Waals surface area contributed by atoms with E-state index in [0.29, 0.717) is 62.9 Å². The molecule has 3 aliphatic rings. The van der Waals surface area contributed by atoms with Gasteiger partial charge in [-0.3, -0.25) is 24.0 Å². The molecular weight excluding hydrogens is 1040 g/mol. The zero-order chi connectivity index (χ0) is 58.8.